The van der Waals surface area contributed by atoms with Crippen LogP contribution in [-0.2, 0) is 9.53 Å². The van der Waals surface area contributed by atoms with Crippen molar-refractivity contribution in [2.45, 2.75) is 19.4 Å². The van der Waals surface area contributed by atoms with Gasteiger partial charge in [0.2, 0.25) is 0 Å². The predicted molar refractivity (Wildman–Crippen MR) is 74.5 cm³/mol. The van der Waals surface area contributed by atoms with Crippen LogP contribution in [0.5, 0.6) is 0 Å². The molecule has 0 radical (unpaired) electrons. The molecule has 1 saturated heterocycles. The van der Waals surface area contributed by atoms with E-state index >= 15 is 0 Å². The molecule has 1 fully saturated rings. The van der Waals surface area contributed by atoms with Crippen molar-refractivity contribution in [1.29, 1.82) is 0 Å². The number of ether oxygens (including phenoxy) is 1. The highest BCUT2D eigenvalue weighted by molar-refractivity contribution is 7.98. The molecule has 2 unspecified atom stereocenters. The van der Waals surface area contributed by atoms with E-state index in [1.807, 2.05) is 13.2 Å². The Kier molecular flexibility index (Phi) is 7.01. The predicted octanol–water partition coefficient (Wildman–Crippen LogP) is 0.871. The summed E-state index contributed by atoms with van der Waals surface area (Å²) in [6.45, 7) is 3.58. The molecule has 0 spiro atoms. The van der Waals surface area contributed by atoms with Gasteiger partial charge in [-0.1, -0.05) is 6.92 Å². The van der Waals surface area contributed by atoms with Crippen LogP contribution in [0, 0.1) is 5.92 Å². The van der Waals surface area contributed by atoms with E-state index in [0.717, 1.165) is 12.2 Å². The van der Waals surface area contributed by atoms with E-state index in [1.165, 1.54) is 0 Å². The molecule has 0 aromatic carbocycles. The summed E-state index contributed by atoms with van der Waals surface area (Å²) in [6.07, 6.45) is 2.76. The second-order valence-corrected chi connectivity index (χ2v) is 5.45. The number of carboxylic acid groups (broad SMARTS) is 1. The first-order valence-electron chi connectivity index (χ1n) is 6.45. The number of carbonyl (C=O) groups is 2. The standard InChI is InChI=1S/C12H22N2O4S/c1-3-5-14(12(17)13-4-6-19-2)10-8-18-7-9(10)11(15)16/h9-10H,3-8H2,1-2H3,(H,13,17)(H,15,16). The normalized spacial score (nSPS) is 22.2. The van der Waals surface area contributed by atoms with Gasteiger partial charge in [0.1, 0.15) is 5.92 Å². The van der Waals surface area contributed by atoms with Gasteiger partial charge in [-0.3, -0.25) is 4.79 Å². The van der Waals surface area contributed by atoms with E-state index in [0.29, 0.717) is 19.7 Å². The SMILES string of the molecule is CCCN(C(=O)NCCSC)C1COCC1C(=O)O. The minimum absolute atomic E-state index is 0.179. The smallest absolute Gasteiger partial charge is 0.317 e. The maximum absolute atomic E-state index is 12.1. The first kappa shape index (κ1) is 16.1. The van der Waals surface area contributed by atoms with Crippen LogP contribution < -0.4 is 5.32 Å². The summed E-state index contributed by atoms with van der Waals surface area (Å²) >= 11 is 1.65. The summed E-state index contributed by atoms with van der Waals surface area (Å²) in [4.78, 5) is 24.9. The summed E-state index contributed by atoms with van der Waals surface area (Å²) in [5.41, 5.74) is 0. The molecule has 0 aliphatic carbocycles. The zero-order valence-corrected chi connectivity index (χ0v) is 12.2. The summed E-state index contributed by atoms with van der Waals surface area (Å²) in [6, 6.07) is -0.565. The van der Waals surface area contributed by atoms with E-state index in [2.05, 4.69) is 5.32 Å². The monoisotopic (exact) mass is 290 g/mol. The summed E-state index contributed by atoms with van der Waals surface area (Å²) < 4.78 is 5.23. The Bertz CT molecular complexity index is 314. The first-order valence-corrected chi connectivity index (χ1v) is 7.85. The van der Waals surface area contributed by atoms with Gasteiger partial charge in [0, 0.05) is 18.8 Å². The molecule has 1 heterocycles. The third-order valence-electron chi connectivity index (χ3n) is 3.08. The second-order valence-electron chi connectivity index (χ2n) is 4.47. The molecule has 19 heavy (non-hydrogen) atoms. The van der Waals surface area contributed by atoms with Gasteiger partial charge in [0.05, 0.1) is 19.3 Å². The molecule has 0 saturated carbocycles. The Morgan fingerprint density at radius 2 is 2.21 bits per heavy atom. The van der Waals surface area contributed by atoms with Crippen molar-refractivity contribution in [3.8, 4) is 0 Å². The van der Waals surface area contributed by atoms with Crippen molar-refractivity contribution in [1.82, 2.24) is 10.2 Å². The Balaban J connectivity index is 2.64. The maximum atomic E-state index is 12.1. The lowest BCUT2D eigenvalue weighted by Crippen LogP contribution is -2.51. The second kappa shape index (κ2) is 8.27. The summed E-state index contributed by atoms with van der Waals surface area (Å²) in [5.74, 6) is -0.687. The largest absolute Gasteiger partial charge is 0.481 e. The van der Waals surface area contributed by atoms with Crippen LogP contribution in [0.1, 0.15) is 13.3 Å². The fourth-order valence-electron chi connectivity index (χ4n) is 2.11. The minimum atomic E-state index is -0.902. The van der Waals surface area contributed by atoms with Crippen LogP contribution >= 0.6 is 11.8 Å². The number of urea groups is 1. The van der Waals surface area contributed by atoms with Crippen molar-refractivity contribution in [3.05, 3.63) is 0 Å². The van der Waals surface area contributed by atoms with Crippen molar-refractivity contribution >= 4 is 23.8 Å². The zero-order valence-electron chi connectivity index (χ0n) is 11.4. The number of nitrogens with one attached hydrogen (secondary N) is 1. The molecule has 0 aromatic rings. The molecule has 1 aliphatic rings. The maximum Gasteiger partial charge on any atom is 0.317 e. The van der Waals surface area contributed by atoms with E-state index in [9.17, 15) is 9.59 Å². The summed E-state index contributed by atoms with van der Waals surface area (Å²) in [5, 5.41) is 12.0. The van der Waals surface area contributed by atoms with Gasteiger partial charge in [-0.2, -0.15) is 11.8 Å². The zero-order chi connectivity index (χ0) is 14.3. The van der Waals surface area contributed by atoms with Gasteiger partial charge in [0.15, 0.2) is 0 Å². The molecule has 110 valence electrons. The number of carboxylic acids is 1. The fourth-order valence-corrected chi connectivity index (χ4v) is 2.41. The molecule has 1 aliphatic heterocycles. The highest BCUT2D eigenvalue weighted by Gasteiger charge is 2.39. The average molecular weight is 290 g/mol. The number of rotatable bonds is 7. The van der Waals surface area contributed by atoms with Gasteiger partial charge in [-0.25, -0.2) is 4.79 Å². The van der Waals surface area contributed by atoms with E-state index in [1.54, 1.807) is 16.7 Å². The fraction of sp³-hybridized carbons (Fsp3) is 0.833. The van der Waals surface area contributed by atoms with Crippen molar-refractivity contribution in [3.63, 3.8) is 0 Å². The molecular weight excluding hydrogens is 268 g/mol. The molecule has 0 bridgehead atoms. The number of amides is 2. The lowest BCUT2D eigenvalue weighted by Gasteiger charge is -2.30. The van der Waals surface area contributed by atoms with Crippen LogP contribution in [0.25, 0.3) is 0 Å². The minimum Gasteiger partial charge on any atom is -0.481 e. The van der Waals surface area contributed by atoms with Gasteiger partial charge in [0.25, 0.3) is 0 Å². The average Bonchev–Trinajstić information content (AvgIpc) is 2.85. The highest BCUT2D eigenvalue weighted by atomic mass is 32.2. The van der Waals surface area contributed by atoms with Crippen LogP contribution in [-0.4, -0.2) is 66.4 Å². The van der Waals surface area contributed by atoms with Crippen molar-refractivity contribution in [2.24, 2.45) is 5.92 Å². The van der Waals surface area contributed by atoms with Gasteiger partial charge < -0.3 is 20.1 Å². The Labute approximate surface area is 117 Å². The molecule has 6 nitrogen and oxygen atoms in total. The number of carbonyl (C=O) groups excluding carboxylic acids is 1. The number of aliphatic carboxylic acids is 1. The summed E-state index contributed by atoms with van der Waals surface area (Å²) in [7, 11) is 0. The van der Waals surface area contributed by atoms with Crippen LogP contribution in [0.4, 0.5) is 4.79 Å². The van der Waals surface area contributed by atoms with Crippen LogP contribution in [0.15, 0.2) is 0 Å². The quantitative estimate of drug-likeness (QED) is 0.680. The number of hydrogen-bond acceptors (Lipinski definition) is 4. The van der Waals surface area contributed by atoms with Crippen molar-refractivity contribution in [2.75, 3.05) is 38.3 Å². The van der Waals surface area contributed by atoms with Crippen LogP contribution in [0.2, 0.25) is 0 Å². The van der Waals surface area contributed by atoms with E-state index < -0.39 is 11.9 Å². The third kappa shape index (κ3) is 4.58. The lowest BCUT2D eigenvalue weighted by atomic mass is 10.0. The molecule has 2 atom stereocenters. The molecule has 1 rings (SSSR count). The van der Waals surface area contributed by atoms with Gasteiger partial charge in [-0.05, 0) is 12.7 Å². The lowest BCUT2D eigenvalue weighted by molar-refractivity contribution is -0.142. The van der Waals surface area contributed by atoms with E-state index in [4.69, 9.17) is 9.84 Å². The Morgan fingerprint density at radius 1 is 1.47 bits per heavy atom. The molecule has 7 heteroatoms. The van der Waals surface area contributed by atoms with Gasteiger partial charge in [-0.15, -0.1) is 0 Å². The van der Waals surface area contributed by atoms with Crippen molar-refractivity contribution < 1.29 is 19.4 Å². The van der Waals surface area contributed by atoms with Gasteiger partial charge >= 0.3 is 12.0 Å². The number of nitrogens with zero attached hydrogens (tertiary/aromatic N) is 1. The highest BCUT2D eigenvalue weighted by Crippen LogP contribution is 2.20. The number of thioether (sulfide) groups is 1. The van der Waals surface area contributed by atoms with Crippen LogP contribution in [0.3, 0.4) is 0 Å². The topological polar surface area (TPSA) is 78.9 Å². The molecule has 2 N–H and O–H groups in total. The molecule has 2 amide bonds. The Hall–Kier alpha value is -0.950. The Morgan fingerprint density at radius 3 is 2.79 bits per heavy atom. The third-order valence-corrected chi connectivity index (χ3v) is 3.69. The van der Waals surface area contributed by atoms with E-state index in [-0.39, 0.29) is 18.7 Å². The molecule has 0 aromatic heterocycles. The number of hydrogen-bond donors (Lipinski definition) is 2. The molecular formula is C12H22N2O4S. The first-order chi connectivity index (χ1) is 9.11.